The molecule has 1 unspecified atom stereocenters. The molecule has 0 saturated carbocycles. The minimum absolute atomic E-state index is 0.179. The van der Waals surface area contributed by atoms with Gasteiger partial charge in [0.25, 0.3) is 0 Å². The van der Waals surface area contributed by atoms with Gasteiger partial charge in [-0.05, 0) is 82.4 Å². The SMILES string of the molecule is Cc1ccc2[nH]c(C3=CC(OCCCCC4CCN(C)CC4)NC=C3Cl)nc2c1C. The number of fused-ring (bicyclic) bond motifs is 1. The summed E-state index contributed by atoms with van der Waals surface area (Å²) in [5, 5.41) is 3.87. The van der Waals surface area contributed by atoms with E-state index in [0.717, 1.165) is 41.4 Å². The molecule has 1 atom stereocenters. The maximum atomic E-state index is 6.47. The Balaban J connectivity index is 1.32. The van der Waals surface area contributed by atoms with Crippen LogP contribution < -0.4 is 5.32 Å². The molecule has 0 amide bonds. The Bertz CT molecular complexity index is 940. The van der Waals surface area contributed by atoms with Gasteiger partial charge in [-0.3, -0.25) is 0 Å². The molecule has 2 aromatic rings. The highest BCUT2D eigenvalue weighted by molar-refractivity contribution is 6.37. The number of aromatic nitrogens is 2. The van der Waals surface area contributed by atoms with Gasteiger partial charge in [-0.25, -0.2) is 4.98 Å². The van der Waals surface area contributed by atoms with Gasteiger partial charge >= 0.3 is 0 Å². The average Bonchev–Trinajstić information content (AvgIpc) is 3.18. The maximum absolute atomic E-state index is 6.47. The summed E-state index contributed by atoms with van der Waals surface area (Å²) in [4.78, 5) is 10.7. The van der Waals surface area contributed by atoms with Crippen LogP contribution >= 0.6 is 11.6 Å². The molecule has 0 spiro atoms. The number of aryl methyl sites for hydroxylation is 2. The number of imidazole rings is 1. The van der Waals surface area contributed by atoms with Crippen molar-refractivity contribution in [3.8, 4) is 0 Å². The molecule has 4 rings (SSSR count). The van der Waals surface area contributed by atoms with Crippen LogP contribution in [0.1, 0.15) is 49.1 Å². The number of dihydropyridines is 1. The Morgan fingerprint density at radius 3 is 2.80 bits per heavy atom. The second-order valence-corrected chi connectivity index (χ2v) is 9.17. The molecule has 0 bridgehead atoms. The first-order valence-corrected chi connectivity index (χ1v) is 11.5. The van der Waals surface area contributed by atoms with Crippen molar-refractivity contribution in [3.05, 3.63) is 46.4 Å². The highest BCUT2D eigenvalue weighted by atomic mass is 35.5. The molecule has 1 saturated heterocycles. The fourth-order valence-electron chi connectivity index (χ4n) is 4.34. The first-order chi connectivity index (χ1) is 14.5. The lowest BCUT2D eigenvalue weighted by atomic mass is 9.92. The lowest BCUT2D eigenvalue weighted by molar-refractivity contribution is 0.0672. The van der Waals surface area contributed by atoms with E-state index in [9.17, 15) is 0 Å². The number of ether oxygens (including phenoxy) is 1. The Morgan fingerprint density at radius 1 is 1.20 bits per heavy atom. The van der Waals surface area contributed by atoms with Crippen LogP contribution in [0.3, 0.4) is 0 Å². The van der Waals surface area contributed by atoms with Crippen LogP contribution in [0.4, 0.5) is 0 Å². The van der Waals surface area contributed by atoms with Crippen LogP contribution in [0.5, 0.6) is 0 Å². The van der Waals surface area contributed by atoms with E-state index in [2.05, 4.69) is 48.2 Å². The Hall–Kier alpha value is -1.82. The number of halogens is 1. The number of piperidine rings is 1. The van der Waals surface area contributed by atoms with Crippen molar-refractivity contribution < 1.29 is 4.74 Å². The van der Waals surface area contributed by atoms with Gasteiger partial charge in [0.1, 0.15) is 12.1 Å². The lowest BCUT2D eigenvalue weighted by Crippen LogP contribution is -2.30. The van der Waals surface area contributed by atoms with Crippen LogP contribution in [0, 0.1) is 19.8 Å². The van der Waals surface area contributed by atoms with E-state index in [1.165, 1.54) is 49.9 Å². The second kappa shape index (κ2) is 9.54. The third-order valence-corrected chi connectivity index (χ3v) is 6.84. The number of nitrogens with zero attached hydrogens (tertiary/aromatic N) is 2. The third kappa shape index (κ3) is 4.90. The molecular formula is C24H33ClN4O. The van der Waals surface area contributed by atoms with Crippen molar-refractivity contribution in [2.75, 3.05) is 26.7 Å². The number of aromatic amines is 1. The summed E-state index contributed by atoms with van der Waals surface area (Å²) in [6.45, 7) is 7.45. The van der Waals surface area contributed by atoms with E-state index in [4.69, 9.17) is 21.3 Å². The minimum atomic E-state index is -0.179. The quantitative estimate of drug-likeness (QED) is 0.602. The molecule has 2 aliphatic rings. The van der Waals surface area contributed by atoms with Gasteiger partial charge in [-0.2, -0.15) is 0 Å². The molecule has 0 radical (unpaired) electrons. The van der Waals surface area contributed by atoms with Crippen LogP contribution in [-0.2, 0) is 4.74 Å². The molecule has 6 heteroatoms. The zero-order chi connectivity index (χ0) is 21.1. The number of hydrogen-bond donors (Lipinski definition) is 2. The number of rotatable bonds is 7. The largest absolute Gasteiger partial charge is 0.362 e. The predicted octanol–water partition coefficient (Wildman–Crippen LogP) is 5.10. The third-order valence-electron chi connectivity index (χ3n) is 6.53. The first kappa shape index (κ1) is 21.4. The summed E-state index contributed by atoms with van der Waals surface area (Å²) in [5.41, 5.74) is 5.36. The van der Waals surface area contributed by atoms with Crippen LogP contribution in [0.2, 0.25) is 0 Å². The summed E-state index contributed by atoms with van der Waals surface area (Å²) in [6, 6.07) is 4.19. The van der Waals surface area contributed by atoms with E-state index in [1.807, 2.05) is 12.3 Å². The molecular weight excluding hydrogens is 396 g/mol. The number of nitrogens with one attached hydrogen (secondary N) is 2. The summed E-state index contributed by atoms with van der Waals surface area (Å²) in [5.74, 6) is 1.68. The normalized spacial score (nSPS) is 20.9. The van der Waals surface area contributed by atoms with Gasteiger partial charge in [-0.1, -0.05) is 30.5 Å². The zero-order valence-electron chi connectivity index (χ0n) is 18.3. The van der Waals surface area contributed by atoms with E-state index in [-0.39, 0.29) is 6.23 Å². The van der Waals surface area contributed by atoms with E-state index in [1.54, 1.807) is 0 Å². The number of hydrogen-bond acceptors (Lipinski definition) is 4. The average molecular weight is 429 g/mol. The van der Waals surface area contributed by atoms with Crippen LogP contribution in [0.15, 0.2) is 29.4 Å². The van der Waals surface area contributed by atoms with Crippen molar-refractivity contribution in [2.45, 2.75) is 52.2 Å². The van der Waals surface area contributed by atoms with Crippen molar-refractivity contribution in [1.82, 2.24) is 20.2 Å². The van der Waals surface area contributed by atoms with Crippen molar-refractivity contribution >= 4 is 28.2 Å². The van der Waals surface area contributed by atoms with Crippen molar-refractivity contribution in [1.29, 1.82) is 0 Å². The highest BCUT2D eigenvalue weighted by Gasteiger charge is 2.20. The number of unbranched alkanes of at least 4 members (excludes halogenated alkanes) is 1. The molecule has 5 nitrogen and oxygen atoms in total. The molecule has 1 aromatic carbocycles. The van der Waals surface area contributed by atoms with Gasteiger partial charge in [0.15, 0.2) is 0 Å². The molecule has 3 heterocycles. The topological polar surface area (TPSA) is 53.2 Å². The number of H-pyrrole nitrogens is 1. The van der Waals surface area contributed by atoms with Crippen molar-refractivity contribution in [3.63, 3.8) is 0 Å². The first-order valence-electron chi connectivity index (χ1n) is 11.1. The van der Waals surface area contributed by atoms with Gasteiger partial charge in [-0.15, -0.1) is 0 Å². The van der Waals surface area contributed by atoms with Gasteiger partial charge in [0.2, 0.25) is 0 Å². The van der Waals surface area contributed by atoms with Gasteiger partial charge < -0.3 is 19.9 Å². The standard InChI is InChI=1S/C24H33ClN4O/c1-16-7-8-21-23(17(16)2)28-24(27-21)19-14-22(26-15-20(19)25)30-13-5-4-6-18-9-11-29(3)12-10-18/h7-8,14-15,18,22,26H,4-6,9-13H2,1-3H3,(H,27,28). The van der Waals surface area contributed by atoms with Gasteiger partial charge in [0, 0.05) is 18.4 Å². The second-order valence-electron chi connectivity index (χ2n) is 8.76. The summed E-state index contributed by atoms with van der Waals surface area (Å²) in [6.07, 6.45) is 9.98. The highest BCUT2D eigenvalue weighted by Crippen LogP contribution is 2.30. The fraction of sp³-hybridized carbons (Fsp3) is 0.542. The minimum Gasteiger partial charge on any atom is -0.362 e. The summed E-state index contributed by atoms with van der Waals surface area (Å²) >= 11 is 6.47. The number of allylic oxidation sites excluding steroid dienone is 2. The number of benzene rings is 1. The molecule has 30 heavy (non-hydrogen) atoms. The molecule has 2 aliphatic heterocycles. The molecule has 0 aliphatic carbocycles. The van der Waals surface area contributed by atoms with Crippen LogP contribution in [-0.4, -0.2) is 47.8 Å². The van der Waals surface area contributed by atoms with Crippen LogP contribution in [0.25, 0.3) is 16.6 Å². The Morgan fingerprint density at radius 2 is 2.00 bits per heavy atom. The predicted molar refractivity (Wildman–Crippen MR) is 124 cm³/mol. The smallest absolute Gasteiger partial charge is 0.147 e. The van der Waals surface area contributed by atoms with Gasteiger partial charge in [0.05, 0.1) is 16.1 Å². The fourth-order valence-corrected chi connectivity index (χ4v) is 4.55. The van der Waals surface area contributed by atoms with Crippen molar-refractivity contribution in [2.24, 2.45) is 5.92 Å². The van der Waals surface area contributed by atoms with E-state index >= 15 is 0 Å². The summed E-state index contributed by atoms with van der Waals surface area (Å²) in [7, 11) is 2.22. The lowest BCUT2D eigenvalue weighted by Gasteiger charge is -2.28. The Kier molecular flexibility index (Phi) is 6.81. The number of likely N-dealkylation sites (tertiary alicyclic amines) is 1. The van der Waals surface area contributed by atoms with E-state index in [0.29, 0.717) is 5.03 Å². The molecule has 2 N–H and O–H groups in total. The molecule has 1 aromatic heterocycles. The monoisotopic (exact) mass is 428 g/mol. The Labute approximate surface area is 184 Å². The van der Waals surface area contributed by atoms with E-state index < -0.39 is 0 Å². The molecule has 1 fully saturated rings. The zero-order valence-corrected chi connectivity index (χ0v) is 19.1. The summed E-state index contributed by atoms with van der Waals surface area (Å²) < 4.78 is 6.07. The maximum Gasteiger partial charge on any atom is 0.147 e. The molecule has 162 valence electrons.